The fourth-order valence-electron chi connectivity index (χ4n) is 2.44. The van der Waals surface area contributed by atoms with E-state index in [2.05, 4.69) is 10.0 Å². The third-order valence-electron chi connectivity index (χ3n) is 4.18. The molecule has 0 saturated heterocycles. The van der Waals surface area contributed by atoms with Crippen molar-refractivity contribution in [3.63, 3.8) is 0 Å². The summed E-state index contributed by atoms with van der Waals surface area (Å²) in [6.07, 6.45) is 3.80. The van der Waals surface area contributed by atoms with Crippen molar-refractivity contribution < 1.29 is 13.2 Å². The monoisotopic (exact) mass is 312 g/mol. The van der Waals surface area contributed by atoms with Crippen LogP contribution in [0, 0.1) is 0 Å². The SMILES string of the molecule is CNCCc1ccc(S(=O)(=O)NCC2(OC)CCC2)cc1. The van der Waals surface area contributed by atoms with Crippen LogP contribution in [0.2, 0.25) is 0 Å². The Balaban J connectivity index is 1.98. The molecule has 0 unspecified atom stereocenters. The normalized spacial score (nSPS) is 17.4. The van der Waals surface area contributed by atoms with E-state index in [1.165, 1.54) is 0 Å². The number of hydrogen-bond acceptors (Lipinski definition) is 4. The number of ether oxygens (including phenoxy) is 1. The highest BCUT2D eigenvalue weighted by Gasteiger charge is 2.37. The van der Waals surface area contributed by atoms with Gasteiger partial charge in [-0.05, 0) is 57.0 Å². The van der Waals surface area contributed by atoms with Crippen LogP contribution < -0.4 is 10.0 Å². The summed E-state index contributed by atoms with van der Waals surface area (Å²) in [5.41, 5.74) is 0.815. The summed E-state index contributed by atoms with van der Waals surface area (Å²) in [4.78, 5) is 0.307. The number of methoxy groups -OCH3 is 1. The van der Waals surface area contributed by atoms with Crippen LogP contribution in [0.4, 0.5) is 0 Å². The molecule has 2 rings (SSSR count). The fourth-order valence-corrected chi connectivity index (χ4v) is 3.55. The Morgan fingerprint density at radius 3 is 2.38 bits per heavy atom. The standard InChI is InChI=1S/C15H24N2O3S/c1-16-11-8-13-4-6-14(7-5-13)21(18,19)17-12-15(20-2)9-3-10-15/h4-7,16-17H,3,8-12H2,1-2H3. The van der Waals surface area contributed by atoms with E-state index in [0.717, 1.165) is 37.8 Å². The quantitative estimate of drug-likeness (QED) is 0.759. The van der Waals surface area contributed by atoms with Crippen molar-refractivity contribution in [2.75, 3.05) is 27.2 Å². The van der Waals surface area contributed by atoms with E-state index >= 15 is 0 Å². The van der Waals surface area contributed by atoms with Crippen molar-refractivity contribution in [2.45, 2.75) is 36.2 Å². The van der Waals surface area contributed by atoms with Gasteiger partial charge in [-0.3, -0.25) is 0 Å². The van der Waals surface area contributed by atoms with Crippen molar-refractivity contribution >= 4 is 10.0 Å². The molecule has 2 N–H and O–H groups in total. The summed E-state index contributed by atoms with van der Waals surface area (Å²) in [5.74, 6) is 0. The second kappa shape index (κ2) is 6.87. The van der Waals surface area contributed by atoms with E-state index in [-0.39, 0.29) is 5.60 Å². The summed E-state index contributed by atoms with van der Waals surface area (Å²) >= 11 is 0. The van der Waals surface area contributed by atoms with Gasteiger partial charge in [-0.2, -0.15) is 0 Å². The van der Waals surface area contributed by atoms with E-state index < -0.39 is 10.0 Å². The molecule has 0 heterocycles. The molecule has 1 aliphatic carbocycles. The first-order chi connectivity index (χ1) is 10.0. The maximum absolute atomic E-state index is 12.3. The molecule has 118 valence electrons. The molecular formula is C15H24N2O3S. The van der Waals surface area contributed by atoms with Gasteiger partial charge in [-0.25, -0.2) is 13.1 Å². The number of hydrogen-bond donors (Lipinski definition) is 2. The number of benzene rings is 1. The molecule has 0 radical (unpaired) electrons. The lowest BCUT2D eigenvalue weighted by molar-refractivity contribution is -0.0659. The molecule has 0 atom stereocenters. The Labute approximate surface area is 127 Å². The Bertz CT molecular complexity index is 545. The maximum atomic E-state index is 12.3. The van der Waals surface area contributed by atoms with Gasteiger partial charge in [-0.1, -0.05) is 12.1 Å². The zero-order chi connectivity index (χ0) is 15.3. The van der Waals surface area contributed by atoms with Crippen LogP contribution in [0.25, 0.3) is 0 Å². The lowest BCUT2D eigenvalue weighted by Gasteiger charge is -2.40. The molecule has 1 fully saturated rings. The van der Waals surface area contributed by atoms with Crippen LogP contribution in [-0.4, -0.2) is 41.3 Å². The van der Waals surface area contributed by atoms with Crippen LogP contribution in [0.3, 0.4) is 0 Å². The minimum absolute atomic E-state index is 0.306. The maximum Gasteiger partial charge on any atom is 0.240 e. The van der Waals surface area contributed by atoms with Crippen molar-refractivity contribution in [1.29, 1.82) is 0 Å². The molecule has 1 aromatic rings. The average molecular weight is 312 g/mol. The zero-order valence-corrected chi connectivity index (χ0v) is 13.5. The van der Waals surface area contributed by atoms with Gasteiger partial charge >= 0.3 is 0 Å². The Kier molecular flexibility index (Phi) is 5.37. The van der Waals surface area contributed by atoms with Gasteiger partial charge in [0.1, 0.15) is 0 Å². The molecule has 0 bridgehead atoms. The molecule has 1 saturated carbocycles. The topological polar surface area (TPSA) is 67.4 Å². The van der Waals surface area contributed by atoms with E-state index in [0.29, 0.717) is 11.4 Å². The molecule has 0 aromatic heterocycles. The van der Waals surface area contributed by atoms with Crippen molar-refractivity contribution in [3.05, 3.63) is 29.8 Å². The summed E-state index contributed by atoms with van der Waals surface area (Å²) in [6, 6.07) is 7.05. The predicted octanol–water partition coefficient (Wildman–Crippen LogP) is 1.30. The van der Waals surface area contributed by atoms with Gasteiger partial charge in [0.25, 0.3) is 0 Å². The van der Waals surface area contributed by atoms with Crippen molar-refractivity contribution in [3.8, 4) is 0 Å². The van der Waals surface area contributed by atoms with Gasteiger partial charge in [0, 0.05) is 13.7 Å². The Morgan fingerprint density at radius 1 is 1.24 bits per heavy atom. The number of rotatable bonds is 8. The van der Waals surface area contributed by atoms with Crippen molar-refractivity contribution in [1.82, 2.24) is 10.0 Å². The first-order valence-electron chi connectivity index (χ1n) is 7.30. The Hall–Kier alpha value is -0.950. The number of nitrogens with one attached hydrogen (secondary N) is 2. The van der Waals surface area contributed by atoms with Gasteiger partial charge < -0.3 is 10.1 Å². The first-order valence-corrected chi connectivity index (χ1v) is 8.78. The highest BCUT2D eigenvalue weighted by molar-refractivity contribution is 7.89. The van der Waals surface area contributed by atoms with Gasteiger partial charge in [0.15, 0.2) is 0 Å². The van der Waals surface area contributed by atoms with Gasteiger partial charge in [-0.15, -0.1) is 0 Å². The summed E-state index contributed by atoms with van der Waals surface area (Å²) in [6.45, 7) is 1.22. The average Bonchev–Trinajstić information content (AvgIpc) is 2.45. The highest BCUT2D eigenvalue weighted by Crippen LogP contribution is 2.34. The molecule has 0 aliphatic heterocycles. The molecule has 5 nitrogen and oxygen atoms in total. The van der Waals surface area contributed by atoms with Crippen LogP contribution in [-0.2, 0) is 21.2 Å². The molecule has 0 spiro atoms. The highest BCUT2D eigenvalue weighted by atomic mass is 32.2. The second-order valence-electron chi connectivity index (χ2n) is 5.56. The second-order valence-corrected chi connectivity index (χ2v) is 7.33. The lowest BCUT2D eigenvalue weighted by Crippen LogP contribution is -2.49. The number of sulfonamides is 1. The minimum atomic E-state index is -3.46. The van der Waals surface area contributed by atoms with E-state index in [1.54, 1.807) is 19.2 Å². The Morgan fingerprint density at radius 2 is 1.90 bits per heavy atom. The first kappa shape index (κ1) is 16.4. The molecule has 6 heteroatoms. The lowest BCUT2D eigenvalue weighted by atomic mass is 9.80. The third kappa shape index (κ3) is 4.03. The molecule has 21 heavy (non-hydrogen) atoms. The molecular weight excluding hydrogens is 288 g/mol. The van der Waals surface area contributed by atoms with Gasteiger partial charge in [0.05, 0.1) is 10.5 Å². The molecule has 1 aliphatic rings. The van der Waals surface area contributed by atoms with E-state index in [1.807, 2.05) is 19.2 Å². The predicted molar refractivity (Wildman–Crippen MR) is 82.9 cm³/mol. The molecule has 1 aromatic carbocycles. The largest absolute Gasteiger partial charge is 0.377 e. The third-order valence-corrected chi connectivity index (χ3v) is 5.60. The van der Waals surface area contributed by atoms with Crippen molar-refractivity contribution in [2.24, 2.45) is 0 Å². The minimum Gasteiger partial charge on any atom is -0.377 e. The smallest absolute Gasteiger partial charge is 0.240 e. The summed E-state index contributed by atoms with van der Waals surface area (Å²) in [5, 5.41) is 3.07. The van der Waals surface area contributed by atoms with Crippen LogP contribution >= 0.6 is 0 Å². The summed E-state index contributed by atoms with van der Waals surface area (Å²) < 4.78 is 32.7. The van der Waals surface area contributed by atoms with Crippen LogP contribution in [0.5, 0.6) is 0 Å². The van der Waals surface area contributed by atoms with E-state index in [9.17, 15) is 8.42 Å². The van der Waals surface area contributed by atoms with Crippen LogP contribution in [0.1, 0.15) is 24.8 Å². The zero-order valence-electron chi connectivity index (χ0n) is 12.7. The molecule has 0 amide bonds. The van der Waals surface area contributed by atoms with Gasteiger partial charge in [0.2, 0.25) is 10.0 Å². The number of likely N-dealkylation sites (N-methyl/N-ethyl adjacent to an activating group) is 1. The van der Waals surface area contributed by atoms with E-state index in [4.69, 9.17) is 4.74 Å². The fraction of sp³-hybridized carbons (Fsp3) is 0.600. The van der Waals surface area contributed by atoms with Crippen LogP contribution in [0.15, 0.2) is 29.2 Å². The summed E-state index contributed by atoms with van der Waals surface area (Å²) in [7, 11) is 0.0779.